The van der Waals surface area contributed by atoms with Crippen molar-refractivity contribution in [2.24, 2.45) is 45.3 Å². The lowest BCUT2D eigenvalue weighted by molar-refractivity contribution is -0.240. The van der Waals surface area contributed by atoms with E-state index in [-0.39, 0.29) is 70.1 Å². The van der Waals surface area contributed by atoms with E-state index < -0.39 is 35.6 Å². The minimum Gasteiger partial charge on any atom is -0.444 e. The molecule has 2 saturated heterocycles. The highest BCUT2D eigenvalue weighted by Gasteiger charge is 2.72. The highest BCUT2D eigenvalue weighted by atomic mass is 19.1. The Balaban J connectivity index is 1.20. The first-order chi connectivity index (χ1) is 22.4. The maximum atomic E-state index is 14.7. The van der Waals surface area contributed by atoms with Crippen molar-refractivity contribution in [1.29, 1.82) is 0 Å². The average Bonchev–Trinajstić information content (AvgIpc) is 3.67. The minimum absolute atomic E-state index is 0.00944. The van der Waals surface area contributed by atoms with E-state index in [1.165, 1.54) is 4.90 Å². The molecule has 2 aliphatic heterocycles. The zero-order valence-electron chi connectivity index (χ0n) is 32.3. The van der Waals surface area contributed by atoms with Crippen molar-refractivity contribution in [1.82, 2.24) is 10.2 Å². The first-order valence-electron chi connectivity index (χ1n) is 19.4. The van der Waals surface area contributed by atoms with Gasteiger partial charge >= 0.3 is 6.09 Å². The third kappa shape index (κ3) is 5.86. The molecule has 0 aromatic heterocycles. The number of rotatable bonds is 4. The zero-order valence-corrected chi connectivity index (χ0v) is 32.3. The number of fused-ring (bicyclic) bond motifs is 5. The van der Waals surface area contributed by atoms with Gasteiger partial charge in [-0.05, 0) is 145 Å². The number of nitrogens with zero attached hydrogens (tertiary/aromatic N) is 1. The Morgan fingerprint density at radius 1 is 0.878 bits per heavy atom. The summed E-state index contributed by atoms with van der Waals surface area (Å²) in [4.78, 5) is 28.0. The van der Waals surface area contributed by atoms with Crippen LogP contribution >= 0.6 is 0 Å². The molecule has 4 saturated carbocycles. The number of likely N-dealkylation sites (tertiary alicyclic amines) is 1. The molecule has 6 rings (SSSR count). The summed E-state index contributed by atoms with van der Waals surface area (Å²) in [7, 11) is 0. The van der Waals surface area contributed by atoms with Crippen LogP contribution in [0.15, 0.2) is 0 Å². The van der Waals surface area contributed by atoms with E-state index in [1.54, 1.807) is 20.8 Å². The lowest BCUT2D eigenvalue weighted by Gasteiger charge is -2.71. The lowest BCUT2D eigenvalue weighted by atomic mass is 9.35. The monoisotopic (exact) mass is 690 g/mol. The third-order valence-corrected chi connectivity index (χ3v) is 15.8. The molecule has 0 aromatic carbocycles. The topological polar surface area (TPSA) is 108 Å². The highest BCUT2D eigenvalue weighted by molar-refractivity contribution is 5.86. The first-order valence-corrected chi connectivity index (χ1v) is 19.4. The molecule has 0 radical (unpaired) electrons. The van der Waals surface area contributed by atoms with Crippen LogP contribution in [0.25, 0.3) is 0 Å². The normalized spacial score (nSPS) is 48.0. The average molecular weight is 691 g/mol. The molecule has 3 N–H and O–H groups in total. The van der Waals surface area contributed by atoms with Crippen molar-refractivity contribution in [3.05, 3.63) is 0 Å². The van der Waals surface area contributed by atoms with Gasteiger partial charge in [0.2, 0.25) is 5.91 Å². The molecular formula is C40H67FN2O6. The molecule has 13 atom stereocenters. The smallest absolute Gasteiger partial charge is 0.411 e. The number of aliphatic hydroxyl groups is 2. The molecule has 2 amide bonds. The number of aliphatic hydroxyl groups excluding tert-OH is 1. The second kappa shape index (κ2) is 11.8. The molecule has 2 heterocycles. The van der Waals surface area contributed by atoms with E-state index in [4.69, 9.17) is 9.47 Å². The van der Waals surface area contributed by atoms with Crippen molar-refractivity contribution in [3.63, 3.8) is 0 Å². The number of carbonyl (C=O) groups is 2. The van der Waals surface area contributed by atoms with Crippen LogP contribution in [0.3, 0.4) is 0 Å². The Bertz CT molecular complexity index is 1310. The SMILES string of the molecule is CC(C)(C)OC(=O)N1C[C@H](F)C[C@H]1C(=O)N[C@H]1CC[C@]2(C)[C@H]3C[C@@H](O)[C@@H]4[C@@H]([C@]5(C)CC[C@H](C(C)(C)O)O5)CC[C@@]4(C)[C@]3(C)CC[C@H]2C1(C)C. The second-order valence-electron chi connectivity index (χ2n) is 20.5. The fraction of sp³-hybridized carbons (Fsp3) is 0.950. The Morgan fingerprint density at radius 2 is 1.53 bits per heavy atom. The van der Waals surface area contributed by atoms with Crippen LogP contribution in [-0.4, -0.2) is 80.9 Å². The summed E-state index contributed by atoms with van der Waals surface area (Å²) >= 11 is 0. The summed E-state index contributed by atoms with van der Waals surface area (Å²) in [6.07, 6.45) is 6.03. The van der Waals surface area contributed by atoms with Crippen molar-refractivity contribution < 1.29 is 33.7 Å². The van der Waals surface area contributed by atoms with Gasteiger partial charge in [0.05, 0.1) is 30.0 Å². The van der Waals surface area contributed by atoms with Crippen LogP contribution in [0, 0.1) is 45.3 Å². The van der Waals surface area contributed by atoms with Crippen LogP contribution in [0.2, 0.25) is 0 Å². The second-order valence-corrected chi connectivity index (χ2v) is 20.5. The van der Waals surface area contributed by atoms with Crippen molar-refractivity contribution in [3.8, 4) is 0 Å². The van der Waals surface area contributed by atoms with Gasteiger partial charge in [-0.15, -0.1) is 0 Å². The van der Waals surface area contributed by atoms with E-state index in [9.17, 15) is 24.2 Å². The molecule has 280 valence electrons. The molecule has 8 nitrogen and oxygen atoms in total. The van der Waals surface area contributed by atoms with E-state index in [0.29, 0.717) is 11.8 Å². The van der Waals surface area contributed by atoms with Crippen molar-refractivity contribution in [2.45, 2.75) is 188 Å². The molecule has 9 heteroatoms. The summed E-state index contributed by atoms with van der Waals surface area (Å²) in [5.41, 5.74) is -2.18. The molecule has 6 fully saturated rings. The molecule has 49 heavy (non-hydrogen) atoms. The van der Waals surface area contributed by atoms with E-state index >= 15 is 0 Å². The Kier molecular flexibility index (Phi) is 8.97. The highest BCUT2D eigenvalue weighted by Crippen LogP contribution is 2.76. The summed E-state index contributed by atoms with van der Waals surface area (Å²) in [5, 5.41) is 26.3. The van der Waals surface area contributed by atoms with E-state index in [1.807, 2.05) is 13.8 Å². The first kappa shape index (κ1) is 37.3. The summed E-state index contributed by atoms with van der Waals surface area (Å²) < 4.78 is 26.9. The fourth-order valence-corrected chi connectivity index (χ4v) is 13.2. The maximum absolute atomic E-state index is 14.7. The predicted molar refractivity (Wildman–Crippen MR) is 187 cm³/mol. The number of amides is 2. The predicted octanol–water partition coefficient (Wildman–Crippen LogP) is 7.18. The minimum atomic E-state index is -1.26. The number of hydrogen-bond donors (Lipinski definition) is 3. The number of ether oxygens (including phenoxy) is 2. The standard InChI is InChI=1S/C40H67FN2O6/c1-34(2,3)49-33(46)43-22-23(41)20-25(43)32(45)42-29-14-16-37(8)27(35(29,4)5)13-18-38(9)28(37)21-26(44)31-24(12-17-39(31,38)10)40(11)19-15-30(48-40)36(6,7)47/h23-31,44,47H,12-22H2,1-11H3,(H,42,45)/t23-,24+,25+,26-,27+,28-,29+,30-,31+,37+,38-,39-,40+/m1/s1. The molecule has 4 aliphatic carbocycles. The van der Waals surface area contributed by atoms with Crippen LogP contribution < -0.4 is 5.32 Å². The number of carbonyl (C=O) groups excluding carboxylic acids is 2. The fourth-order valence-electron chi connectivity index (χ4n) is 13.2. The van der Waals surface area contributed by atoms with E-state index in [2.05, 4.69) is 46.9 Å². The van der Waals surface area contributed by atoms with Crippen LogP contribution in [0.4, 0.5) is 9.18 Å². The number of halogens is 1. The maximum Gasteiger partial charge on any atom is 0.411 e. The zero-order chi connectivity index (χ0) is 36.3. The van der Waals surface area contributed by atoms with Crippen molar-refractivity contribution >= 4 is 12.0 Å². The molecule has 6 aliphatic rings. The van der Waals surface area contributed by atoms with Crippen molar-refractivity contribution in [2.75, 3.05) is 6.54 Å². The van der Waals surface area contributed by atoms with Gasteiger partial charge in [0.25, 0.3) is 0 Å². The van der Waals surface area contributed by atoms with Gasteiger partial charge in [0.15, 0.2) is 0 Å². The van der Waals surface area contributed by atoms with Gasteiger partial charge in [-0.3, -0.25) is 9.69 Å². The van der Waals surface area contributed by atoms with Gasteiger partial charge < -0.3 is 25.0 Å². The summed E-state index contributed by atoms with van der Waals surface area (Å²) in [5.74, 6) is 0.801. The van der Waals surface area contributed by atoms with E-state index in [0.717, 1.165) is 57.8 Å². The van der Waals surface area contributed by atoms with Crippen LogP contribution in [0.1, 0.15) is 140 Å². The number of hydrogen-bond acceptors (Lipinski definition) is 6. The molecule has 0 spiro atoms. The van der Waals surface area contributed by atoms with Gasteiger partial charge in [-0.2, -0.15) is 0 Å². The number of alkyl halides is 1. The van der Waals surface area contributed by atoms with Gasteiger partial charge in [-0.1, -0.05) is 34.6 Å². The van der Waals surface area contributed by atoms with Gasteiger partial charge in [0, 0.05) is 12.5 Å². The lowest BCUT2D eigenvalue weighted by Crippen LogP contribution is -2.68. The Hall–Kier alpha value is -1.45. The van der Waals surface area contributed by atoms with Crippen LogP contribution in [-0.2, 0) is 14.3 Å². The molecule has 0 aromatic rings. The van der Waals surface area contributed by atoms with Gasteiger partial charge in [-0.25, -0.2) is 9.18 Å². The molecular weight excluding hydrogens is 623 g/mol. The van der Waals surface area contributed by atoms with Gasteiger partial charge in [0.1, 0.15) is 17.8 Å². The Morgan fingerprint density at radius 3 is 2.14 bits per heavy atom. The quantitative estimate of drug-likeness (QED) is 0.289. The largest absolute Gasteiger partial charge is 0.444 e. The van der Waals surface area contributed by atoms with Crippen LogP contribution in [0.5, 0.6) is 0 Å². The summed E-state index contributed by atoms with van der Waals surface area (Å²) in [6, 6.07) is -0.980. The molecule has 0 bridgehead atoms. The summed E-state index contributed by atoms with van der Waals surface area (Å²) in [6.45, 7) is 23.1. The molecule has 0 unspecified atom stereocenters. The third-order valence-electron chi connectivity index (χ3n) is 15.8. The Labute approximate surface area is 295 Å². The number of nitrogens with one attached hydrogen (secondary N) is 1.